The minimum atomic E-state index is -0.248. The summed E-state index contributed by atoms with van der Waals surface area (Å²) in [7, 11) is 0. The summed E-state index contributed by atoms with van der Waals surface area (Å²) in [5.41, 5.74) is 2.77. The molecule has 2 N–H and O–H groups in total. The number of carbonyl (C=O) groups is 2. The van der Waals surface area contributed by atoms with Crippen molar-refractivity contribution in [2.24, 2.45) is 5.92 Å². The first-order valence-electron chi connectivity index (χ1n) is 8.99. The minimum Gasteiger partial charge on any atom is -0.352 e. The lowest BCUT2D eigenvalue weighted by molar-refractivity contribution is -0.122. The van der Waals surface area contributed by atoms with Gasteiger partial charge in [0.05, 0.1) is 5.56 Å². The molecular formula is C21H23N3O2S. The number of thiophene rings is 1. The summed E-state index contributed by atoms with van der Waals surface area (Å²) < 4.78 is 0. The summed E-state index contributed by atoms with van der Waals surface area (Å²) in [6, 6.07) is 9.35. The molecule has 140 valence electrons. The molecule has 1 aromatic heterocycles. The minimum absolute atomic E-state index is 0.105. The third kappa shape index (κ3) is 4.55. The molecule has 5 nitrogen and oxygen atoms in total. The molecule has 27 heavy (non-hydrogen) atoms. The number of hydrogen-bond acceptors (Lipinski definition) is 4. The van der Waals surface area contributed by atoms with Crippen molar-refractivity contribution in [1.29, 1.82) is 5.26 Å². The van der Waals surface area contributed by atoms with Gasteiger partial charge in [0.1, 0.15) is 11.1 Å². The van der Waals surface area contributed by atoms with Gasteiger partial charge in [-0.05, 0) is 46.9 Å². The summed E-state index contributed by atoms with van der Waals surface area (Å²) in [5.74, 6) is 0.0451. The number of hydrogen-bond donors (Lipinski definition) is 2. The van der Waals surface area contributed by atoms with Gasteiger partial charge in [0, 0.05) is 18.0 Å². The first kappa shape index (κ1) is 19.1. The van der Waals surface area contributed by atoms with Crippen molar-refractivity contribution in [2.75, 3.05) is 5.32 Å². The lowest BCUT2D eigenvalue weighted by atomic mass is 9.86. The third-order valence-electron chi connectivity index (χ3n) is 4.57. The number of nitrogens with one attached hydrogen (secondary N) is 2. The van der Waals surface area contributed by atoms with Crippen LogP contribution in [0.15, 0.2) is 29.6 Å². The molecule has 0 unspecified atom stereocenters. The SMILES string of the molecule is CC(C)(C)c1csc(NC(=O)c2ccc(CNC(=O)C3CC3)cc2)c1C#N. The second-order valence-electron chi connectivity index (χ2n) is 7.86. The molecule has 1 saturated carbocycles. The Hall–Kier alpha value is -2.65. The molecule has 2 aromatic rings. The molecule has 1 aliphatic rings. The van der Waals surface area contributed by atoms with Gasteiger partial charge in [-0.2, -0.15) is 5.26 Å². The Morgan fingerprint density at radius 3 is 2.44 bits per heavy atom. The van der Waals surface area contributed by atoms with E-state index in [1.165, 1.54) is 11.3 Å². The second kappa shape index (κ2) is 7.53. The first-order valence-corrected chi connectivity index (χ1v) is 9.87. The molecule has 1 heterocycles. The van der Waals surface area contributed by atoms with Crippen LogP contribution in [0.5, 0.6) is 0 Å². The standard InChI is InChI=1S/C21H23N3O2S/c1-21(2,3)17-12-27-20(16(17)10-22)24-19(26)15-6-4-13(5-7-15)11-23-18(25)14-8-9-14/h4-7,12,14H,8-9,11H2,1-3H3,(H,23,25)(H,24,26). The largest absolute Gasteiger partial charge is 0.352 e. The van der Waals surface area contributed by atoms with Gasteiger partial charge >= 0.3 is 0 Å². The van der Waals surface area contributed by atoms with Gasteiger partial charge in [0.25, 0.3) is 5.91 Å². The monoisotopic (exact) mass is 381 g/mol. The predicted molar refractivity (Wildman–Crippen MR) is 107 cm³/mol. The predicted octanol–water partition coefficient (Wildman–Crippen LogP) is 4.20. The van der Waals surface area contributed by atoms with Crippen LogP contribution in [-0.2, 0) is 16.8 Å². The van der Waals surface area contributed by atoms with Crippen molar-refractivity contribution >= 4 is 28.2 Å². The van der Waals surface area contributed by atoms with Gasteiger partial charge in [0.15, 0.2) is 0 Å². The Morgan fingerprint density at radius 2 is 1.89 bits per heavy atom. The Labute approximate surface area is 163 Å². The highest BCUT2D eigenvalue weighted by atomic mass is 32.1. The number of rotatable bonds is 5. The second-order valence-corrected chi connectivity index (χ2v) is 8.74. The fourth-order valence-corrected chi connectivity index (χ4v) is 3.87. The van der Waals surface area contributed by atoms with Crippen molar-refractivity contribution in [2.45, 2.75) is 45.6 Å². The molecule has 6 heteroatoms. The first-order chi connectivity index (χ1) is 12.8. The van der Waals surface area contributed by atoms with Crippen LogP contribution in [0.2, 0.25) is 0 Å². The van der Waals surface area contributed by atoms with Crippen molar-refractivity contribution < 1.29 is 9.59 Å². The molecule has 1 aliphatic carbocycles. The number of anilines is 1. The average molecular weight is 382 g/mol. The molecule has 0 saturated heterocycles. The molecule has 0 atom stereocenters. The van der Waals surface area contributed by atoms with Crippen molar-refractivity contribution in [1.82, 2.24) is 5.32 Å². The van der Waals surface area contributed by atoms with Crippen LogP contribution in [0.25, 0.3) is 0 Å². The van der Waals surface area contributed by atoms with Crippen LogP contribution >= 0.6 is 11.3 Å². The van der Waals surface area contributed by atoms with E-state index in [0.29, 0.717) is 22.7 Å². The zero-order chi connectivity index (χ0) is 19.6. The van der Waals surface area contributed by atoms with E-state index in [1.807, 2.05) is 38.3 Å². The Kier molecular flexibility index (Phi) is 5.33. The maximum absolute atomic E-state index is 12.5. The van der Waals surface area contributed by atoms with Gasteiger partial charge in [-0.25, -0.2) is 0 Å². The van der Waals surface area contributed by atoms with Crippen LogP contribution in [0.3, 0.4) is 0 Å². The van der Waals surface area contributed by atoms with E-state index in [1.54, 1.807) is 12.1 Å². The number of benzene rings is 1. The molecule has 2 amide bonds. The zero-order valence-corrected chi connectivity index (χ0v) is 16.6. The zero-order valence-electron chi connectivity index (χ0n) is 15.8. The van der Waals surface area contributed by atoms with E-state index in [2.05, 4.69) is 16.7 Å². The van der Waals surface area contributed by atoms with Gasteiger partial charge < -0.3 is 10.6 Å². The fraction of sp³-hybridized carbons (Fsp3) is 0.381. The van der Waals surface area contributed by atoms with Gasteiger partial charge in [0.2, 0.25) is 5.91 Å². The molecule has 0 radical (unpaired) electrons. The van der Waals surface area contributed by atoms with Crippen LogP contribution in [0.4, 0.5) is 5.00 Å². The van der Waals surface area contributed by atoms with Crippen LogP contribution in [0.1, 0.15) is 60.7 Å². The summed E-state index contributed by atoms with van der Waals surface area (Å²) >= 11 is 1.37. The fourth-order valence-electron chi connectivity index (χ4n) is 2.74. The van der Waals surface area contributed by atoms with Gasteiger partial charge in [-0.15, -0.1) is 11.3 Å². The lowest BCUT2D eigenvalue weighted by Crippen LogP contribution is -2.24. The van der Waals surface area contributed by atoms with Gasteiger partial charge in [-0.3, -0.25) is 9.59 Å². The molecule has 0 aliphatic heterocycles. The Morgan fingerprint density at radius 1 is 1.22 bits per heavy atom. The van der Waals surface area contributed by atoms with E-state index in [4.69, 9.17) is 0 Å². The summed E-state index contributed by atoms with van der Waals surface area (Å²) in [6.07, 6.45) is 1.96. The van der Waals surface area contributed by atoms with Crippen molar-refractivity contribution in [3.63, 3.8) is 0 Å². The summed E-state index contributed by atoms with van der Waals surface area (Å²) in [4.78, 5) is 24.2. The number of amides is 2. The summed E-state index contributed by atoms with van der Waals surface area (Å²) in [5, 5.41) is 17.8. The number of nitrogens with zero attached hydrogens (tertiary/aromatic N) is 1. The maximum Gasteiger partial charge on any atom is 0.256 e. The van der Waals surface area contributed by atoms with Gasteiger partial charge in [-0.1, -0.05) is 32.9 Å². The van der Waals surface area contributed by atoms with E-state index < -0.39 is 0 Å². The lowest BCUT2D eigenvalue weighted by Gasteiger charge is -2.17. The van der Waals surface area contributed by atoms with Crippen molar-refractivity contribution in [3.8, 4) is 6.07 Å². The van der Waals surface area contributed by atoms with Crippen LogP contribution in [0, 0.1) is 17.2 Å². The summed E-state index contributed by atoms with van der Waals surface area (Å²) in [6.45, 7) is 6.60. The molecule has 3 rings (SSSR count). The molecule has 1 fully saturated rings. The Bertz CT molecular complexity index is 897. The molecule has 1 aromatic carbocycles. The molecule has 0 spiro atoms. The highest BCUT2D eigenvalue weighted by molar-refractivity contribution is 7.14. The topological polar surface area (TPSA) is 82.0 Å². The third-order valence-corrected chi connectivity index (χ3v) is 5.46. The van der Waals surface area contributed by atoms with E-state index >= 15 is 0 Å². The average Bonchev–Trinajstić information content (AvgIpc) is 3.40. The van der Waals surface area contributed by atoms with Crippen LogP contribution < -0.4 is 10.6 Å². The van der Waals surface area contributed by atoms with E-state index in [0.717, 1.165) is 24.0 Å². The quantitative estimate of drug-likeness (QED) is 0.814. The van der Waals surface area contributed by atoms with Crippen molar-refractivity contribution in [3.05, 3.63) is 51.9 Å². The maximum atomic E-state index is 12.5. The molecular weight excluding hydrogens is 358 g/mol. The highest BCUT2D eigenvalue weighted by Crippen LogP contribution is 2.35. The van der Waals surface area contributed by atoms with E-state index in [-0.39, 0.29) is 23.1 Å². The number of nitriles is 1. The molecule has 0 bridgehead atoms. The van der Waals surface area contributed by atoms with Crippen LogP contribution in [-0.4, -0.2) is 11.8 Å². The highest BCUT2D eigenvalue weighted by Gasteiger charge is 2.29. The Balaban J connectivity index is 1.65. The smallest absolute Gasteiger partial charge is 0.256 e. The number of carbonyl (C=O) groups excluding carboxylic acids is 2. The van der Waals surface area contributed by atoms with E-state index in [9.17, 15) is 14.9 Å². The normalized spacial score (nSPS) is 13.7.